The van der Waals surface area contributed by atoms with Crippen LogP contribution in [0.15, 0.2) is 30.5 Å². The van der Waals surface area contributed by atoms with E-state index in [1.165, 1.54) is 24.1 Å². The van der Waals surface area contributed by atoms with Gasteiger partial charge in [-0.15, -0.1) is 0 Å². The van der Waals surface area contributed by atoms with Gasteiger partial charge in [0.1, 0.15) is 6.54 Å². The van der Waals surface area contributed by atoms with Crippen LogP contribution < -0.4 is 4.90 Å². The summed E-state index contributed by atoms with van der Waals surface area (Å²) < 4.78 is 39.7. The summed E-state index contributed by atoms with van der Waals surface area (Å²) in [7, 11) is 0. The van der Waals surface area contributed by atoms with Crippen LogP contribution in [0.25, 0.3) is 11.1 Å². The molecule has 4 rings (SSSR count). The molecule has 0 N–H and O–H groups in total. The van der Waals surface area contributed by atoms with Crippen molar-refractivity contribution in [3.8, 4) is 11.1 Å². The lowest BCUT2D eigenvalue weighted by molar-refractivity contribution is -0.138. The molecule has 0 radical (unpaired) electrons. The third kappa shape index (κ3) is 3.12. The molecule has 1 fully saturated rings. The Balaban J connectivity index is 1.69. The molecular weight excluding hydrogens is 371 g/mol. The highest BCUT2D eigenvalue weighted by molar-refractivity contribution is 6.05. The fourth-order valence-electron chi connectivity index (χ4n) is 3.60. The average Bonchev–Trinajstić information content (AvgIpc) is 2.87. The van der Waals surface area contributed by atoms with E-state index in [1.807, 2.05) is 0 Å². The Morgan fingerprint density at radius 3 is 2.64 bits per heavy atom. The highest BCUT2D eigenvalue weighted by Crippen LogP contribution is 2.38. The number of hydrogen-bond donors (Lipinski definition) is 0. The largest absolute Gasteiger partial charge is 0.416 e. The lowest BCUT2D eigenvalue weighted by Crippen LogP contribution is -2.47. The summed E-state index contributed by atoms with van der Waals surface area (Å²) in [5.74, 6) is -0.359. The van der Waals surface area contributed by atoms with Crippen molar-refractivity contribution in [2.24, 2.45) is 0 Å². The summed E-state index contributed by atoms with van der Waals surface area (Å²) in [5, 5.41) is 0. The predicted molar refractivity (Wildman–Crippen MR) is 96.7 cm³/mol. The summed E-state index contributed by atoms with van der Waals surface area (Å²) in [6.07, 6.45) is -1.92. The Hall–Kier alpha value is -2.90. The second kappa shape index (κ2) is 6.61. The lowest BCUT2D eigenvalue weighted by Gasteiger charge is -2.32. The van der Waals surface area contributed by atoms with Crippen LogP contribution in [-0.4, -0.2) is 41.3 Å². The monoisotopic (exact) mass is 389 g/mol. The number of carbonyl (C=O) groups is 2. The van der Waals surface area contributed by atoms with Crippen molar-refractivity contribution >= 4 is 17.5 Å². The van der Waals surface area contributed by atoms with Crippen molar-refractivity contribution in [1.82, 2.24) is 9.88 Å². The van der Waals surface area contributed by atoms with Crippen LogP contribution in [0.4, 0.5) is 18.9 Å². The number of hydrogen-bond acceptors (Lipinski definition) is 3. The molecule has 2 aliphatic heterocycles. The minimum atomic E-state index is -4.45. The maximum absolute atomic E-state index is 13.2. The van der Waals surface area contributed by atoms with Gasteiger partial charge in [0.15, 0.2) is 0 Å². The minimum absolute atomic E-state index is 0.0709. The van der Waals surface area contributed by atoms with Crippen LogP contribution in [0.5, 0.6) is 0 Å². The maximum atomic E-state index is 13.2. The SMILES string of the molecule is Cc1c(-c2cnc3c(c2)N(CC(=O)N2CCC2)C(=O)C3)cccc1C(F)(F)F. The molecular formula is C20H18F3N3O2. The third-order valence-corrected chi connectivity index (χ3v) is 5.31. The molecule has 0 atom stereocenters. The number of amides is 2. The maximum Gasteiger partial charge on any atom is 0.416 e. The molecule has 0 unspecified atom stereocenters. The van der Waals surface area contributed by atoms with E-state index in [4.69, 9.17) is 0 Å². The molecule has 146 valence electrons. The first-order chi connectivity index (χ1) is 13.3. The van der Waals surface area contributed by atoms with Gasteiger partial charge in [-0.25, -0.2) is 0 Å². The summed E-state index contributed by atoms with van der Waals surface area (Å²) in [6.45, 7) is 2.73. The molecule has 0 saturated carbocycles. The smallest absolute Gasteiger partial charge is 0.341 e. The lowest BCUT2D eigenvalue weighted by atomic mass is 9.96. The van der Waals surface area contributed by atoms with Crippen molar-refractivity contribution in [1.29, 1.82) is 0 Å². The molecule has 2 aliphatic rings. The standard InChI is InChI=1S/C20H18F3N3O2/c1-12-14(4-2-5-15(12)20(21,22)23)13-8-17-16(24-10-13)9-18(27)26(17)11-19(28)25-6-3-7-25/h2,4-5,8,10H,3,6-7,9,11H2,1H3. The van der Waals surface area contributed by atoms with E-state index in [-0.39, 0.29) is 30.3 Å². The highest BCUT2D eigenvalue weighted by atomic mass is 19.4. The molecule has 5 nitrogen and oxygen atoms in total. The topological polar surface area (TPSA) is 53.5 Å². The van der Waals surface area contributed by atoms with Gasteiger partial charge in [-0.2, -0.15) is 13.2 Å². The number of fused-ring (bicyclic) bond motifs is 1. The van der Waals surface area contributed by atoms with E-state index in [0.29, 0.717) is 35.6 Å². The van der Waals surface area contributed by atoms with Crippen LogP contribution in [-0.2, 0) is 22.2 Å². The molecule has 3 heterocycles. The Labute approximate surface area is 159 Å². The van der Waals surface area contributed by atoms with E-state index >= 15 is 0 Å². The molecule has 0 spiro atoms. The van der Waals surface area contributed by atoms with E-state index in [2.05, 4.69) is 4.98 Å². The van der Waals surface area contributed by atoms with Crippen LogP contribution in [0.3, 0.4) is 0 Å². The van der Waals surface area contributed by atoms with Gasteiger partial charge in [-0.3, -0.25) is 14.6 Å². The van der Waals surface area contributed by atoms with E-state index in [1.54, 1.807) is 17.0 Å². The molecule has 2 aromatic rings. The fourth-order valence-corrected chi connectivity index (χ4v) is 3.60. The molecule has 1 saturated heterocycles. The minimum Gasteiger partial charge on any atom is -0.341 e. The number of halogens is 3. The van der Waals surface area contributed by atoms with Crippen LogP contribution in [0.2, 0.25) is 0 Å². The van der Waals surface area contributed by atoms with Gasteiger partial charge in [-0.05, 0) is 36.6 Å². The van der Waals surface area contributed by atoms with E-state index in [0.717, 1.165) is 12.5 Å². The van der Waals surface area contributed by atoms with E-state index in [9.17, 15) is 22.8 Å². The van der Waals surface area contributed by atoms with E-state index < -0.39 is 11.7 Å². The van der Waals surface area contributed by atoms with Crippen LogP contribution >= 0.6 is 0 Å². The molecule has 28 heavy (non-hydrogen) atoms. The van der Waals surface area contributed by atoms with Crippen molar-refractivity contribution in [3.05, 3.63) is 47.3 Å². The quantitative estimate of drug-likeness (QED) is 0.810. The van der Waals surface area contributed by atoms with Crippen LogP contribution in [0, 0.1) is 6.92 Å². The van der Waals surface area contributed by atoms with Gasteiger partial charge < -0.3 is 9.80 Å². The number of pyridine rings is 1. The Morgan fingerprint density at radius 1 is 1.25 bits per heavy atom. The molecule has 1 aromatic heterocycles. The molecule has 0 aliphatic carbocycles. The first-order valence-electron chi connectivity index (χ1n) is 9.00. The van der Waals surface area contributed by atoms with Gasteiger partial charge in [-0.1, -0.05) is 12.1 Å². The Morgan fingerprint density at radius 2 is 2.00 bits per heavy atom. The number of aromatic nitrogens is 1. The number of rotatable bonds is 3. The first-order valence-corrected chi connectivity index (χ1v) is 9.00. The Bertz CT molecular complexity index is 968. The van der Waals surface area contributed by atoms with Crippen molar-refractivity contribution in [3.63, 3.8) is 0 Å². The molecule has 0 bridgehead atoms. The number of anilines is 1. The molecule has 2 amide bonds. The van der Waals surface area contributed by atoms with Gasteiger partial charge in [0.25, 0.3) is 0 Å². The van der Waals surface area contributed by atoms with Crippen LogP contribution in [0.1, 0.15) is 23.2 Å². The summed E-state index contributed by atoms with van der Waals surface area (Å²) in [5.41, 5.74) is 1.32. The average molecular weight is 389 g/mol. The van der Waals surface area contributed by atoms with Gasteiger partial charge in [0.05, 0.1) is 23.4 Å². The number of alkyl halides is 3. The zero-order valence-corrected chi connectivity index (χ0v) is 15.2. The summed E-state index contributed by atoms with van der Waals surface area (Å²) >= 11 is 0. The summed E-state index contributed by atoms with van der Waals surface area (Å²) in [6, 6.07) is 5.65. The zero-order valence-electron chi connectivity index (χ0n) is 15.2. The zero-order chi connectivity index (χ0) is 20.1. The predicted octanol–water partition coefficient (Wildman–Crippen LogP) is 3.20. The number of carbonyl (C=O) groups excluding carboxylic acids is 2. The number of benzene rings is 1. The van der Waals surface area contributed by atoms with Crippen molar-refractivity contribution in [2.45, 2.75) is 25.9 Å². The first kappa shape index (κ1) is 18.5. The number of likely N-dealkylation sites (tertiary alicyclic amines) is 1. The third-order valence-electron chi connectivity index (χ3n) is 5.31. The van der Waals surface area contributed by atoms with Crippen molar-refractivity contribution < 1.29 is 22.8 Å². The van der Waals surface area contributed by atoms with Gasteiger partial charge in [0, 0.05) is 24.8 Å². The normalized spacial score (nSPS) is 16.2. The van der Waals surface area contributed by atoms with Crippen molar-refractivity contribution in [2.75, 3.05) is 24.5 Å². The second-order valence-electron chi connectivity index (χ2n) is 7.06. The molecule has 1 aromatic carbocycles. The Kier molecular flexibility index (Phi) is 4.36. The number of nitrogens with zero attached hydrogens (tertiary/aromatic N) is 3. The van der Waals surface area contributed by atoms with Gasteiger partial charge in [0.2, 0.25) is 11.8 Å². The fraction of sp³-hybridized carbons (Fsp3) is 0.350. The second-order valence-corrected chi connectivity index (χ2v) is 7.06. The van der Waals surface area contributed by atoms with Gasteiger partial charge >= 0.3 is 6.18 Å². The highest BCUT2D eigenvalue weighted by Gasteiger charge is 2.34. The summed E-state index contributed by atoms with van der Waals surface area (Å²) in [4.78, 5) is 32.0. The molecule has 8 heteroatoms.